The predicted molar refractivity (Wildman–Crippen MR) is 84.8 cm³/mol. The Labute approximate surface area is 140 Å². The number of aliphatic hydroxyl groups is 1. The lowest BCUT2D eigenvalue weighted by atomic mass is 9.94. The maximum absolute atomic E-state index is 12.9. The Balaban J connectivity index is 2.00. The van der Waals surface area contributed by atoms with Crippen LogP contribution in [-0.2, 0) is 18.3 Å². The lowest BCUT2D eigenvalue weighted by molar-refractivity contribution is -0.137. The van der Waals surface area contributed by atoms with E-state index in [-0.39, 0.29) is 12.1 Å². The van der Waals surface area contributed by atoms with Crippen molar-refractivity contribution in [2.75, 3.05) is 0 Å². The van der Waals surface area contributed by atoms with E-state index in [0.717, 1.165) is 16.8 Å². The van der Waals surface area contributed by atoms with E-state index < -0.39 is 22.9 Å². The third-order valence-corrected chi connectivity index (χ3v) is 3.90. The zero-order chi connectivity index (χ0) is 18.2. The number of alkyl halides is 3. The Morgan fingerprint density at radius 3 is 2.48 bits per heavy atom. The van der Waals surface area contributed by atoms with E-state index in [9.17, 15) is 23.1 Å². The summed E-state index contributed by atoms with van der Waals surface area (Å²) in [7, 11) is 0. The van der Waals surface area contributed by atoms with E-state index in [1.54, 1.807) is 24.3 Å². The van der Waals surface area contributed by atoms with Crippen molar-refractivity contribution in [3.63, 3.8) is 0 Å². The van der Waals surface area contributed by atoms with Gasteiger partial charge >= 0.3 is 6.18 Å². The maximum atomic E-state index is 12.9. The summed E-state index contributed by atoms with van der Waals surface area (Å²) in [5, 5.41) is 18.6. The molecule has 1 unspecified atom stereocenters. The van der Waals surface area contributed by atoms with Gasteiger partial charge in [-0.15, -0.1) is 5.10 Å². The monoisotopic (exact) mass is 349 g/mol. The van der Waals surface area contributed by atoms with E-state index in [0.29, 0.717) is 10.9 Å². The van der Waals surface area contributed by atoms with Gasteiger partial charge in [-0.05, 0) is 36.8 Å². The largest absolute Gasteiger partial charge is 0.416 e. The Bertz CT molecular complexity index is 981. The summed E-state index contributed by atoms with van der Waals surface area (Å²) in [5.74, 6) is 0. The number of benzene rings is 2. The summed E-state index contributed by atoms with van der Waals surface area (Å²) < 4.78 is 39.5. The lowest BCUT2D eigenvalue weighted by Gasteiger charge is -2.24. The molecular formula is C17H14F3N3O2. The number of halogens is 3. The Morgan fingerprint density at radius 2 is 1.76 bits per heavy atom. The molecule has 2 aromatic carbocycles. The third kappa shape index (κ3) is 3.39. The van der Waals surface area contributed by atoms with Gasteiger partial charge in [0.2, 0.25) is 0 Å². The van der Waals surface area contributed by atoms with Crippen molar-refractivity contribution < 1.29 is 18.3 Å². The van der Waals surface area contributed by atoms with Crippen LogP contribution >= 0.6 is 0 Å². The van der Waals surface area contributed by atoms with Crippen molar-refractivity contribution in [1.29, 1.82) is 0 Å². The van der Waals surface area contributed by atoms with Crippen LogP contribution in [0.15, 0.2) is 53.3 Å². The molecule has 3 aromatic rings. The quantitative estimate of drug-likeness (QED) is 0.789. The van der Waals surface area contributed by atoms with Crippen molar-refractivity contribution in [3.05, 3.63) is 70.0 Å². The van der Waals surface area contributed by atoms with Crippen LogP contribution in [0.25, 0.3) is 10.9 Å². The summed E-state index contributed by atoms with van der Waals surface area (Å²) in [6.45, 7) is 0.997. The van der Waals surface area contributed by atoms with Gasteiger partial charge in [0.05, 0.1) is 17.5 Å². The smallest absolute Gasteiger partial charge is 0.384 e. The highest BCUT2D eigenvalue weighted by molar-refractivity contribution is 5.76. The zero-order valence-electron chi connectivity index (χ0n) is 13.2. The molecule has 1 heterocycles. The van der Waals surface area contributed by atoms with Crippen molar-refractivity contribution in [2.45, 2.75) is 25.2 Å². The van der Waals surface area contributed by atoms with E-state index in [2.05, 4.69) is 10.3 Å². The molecule has 0 saturated carbocycles. The van der Waals surface area contributed by atoms with Crippen molar-refractivity contribution >= 4 is 10.9 Å². The highest BCUT2D eigenvalue weighted by Crippen LogP contribution is 2.32. The lowest BCUT2D eigenvalue weighted by Crippen LogP contribution is -2.35. The number of hydrogen-bond acceptors (Lipinski definition) is 4. The Hall–Kier alpha value is -2.74. The zero-order valence-corrected chi connectivity index (χ0v) is 13.2. The summed E-state index contributed by atoms with van der Waals surface area (Å²) >= 11 is 0. The Morgan fingerprint density at radius 1 is 1.08 bits per heavy atom. The van der Waals surface area contributed by atoms with Gasteiger partial charge in [-0.1, -0.05) is 29.5 Å². The molecule has 0 bridgehead atoms. The van der Waals surface area contributed by atoms with Gasteiger partial charge in [0.25, 0.3) is 5.56 Å². The van der Waals surface area contributed by atoms with Crippen LogP contribution in [0.1, 0.15) is 18.1 Å². The summed E-state index contributed by atoms with van der Waals surface area (Å²) in [4.78, 5) is 12.4. The van der Waals surface area contributed by atoms with Crippen LogP contribution in [-0.4, -0.2) is 20.1 Å². The second-order valence-electron chi connectivity index (χ2n) is 5.92. The first-order valence-corrected chi connectivity index (χ1v) is 7.41. The van der Waals surface area contributed by atoms with Crippen LogP contribution < -0.4 is 5.56 Å². The molecule has 0 amide bonds. The minimum absolute atomic E-state index is 0.0317. The fourth-order valence-electron chi connectivity index (χ4n) is 2.54. The molecule has 0 aliphatic carbocycles. The maximum Gasteiger partial charge on any atom is 0.416 e. The number of hydrogen-bond donors (Lipinski definition) is 1. The molecule has 3 rings (SSSR count). The number of fused-ring (bicyclic) bond motifs is 1. The average molecular weight is 349 g/mol. The number of rotatable bonds is 3. The van der Waals surface area contributed by atoms with E-state index in [4.69, 9.17) is 0 Å². The second kappa shape index (κ2) is 5.96. The standard InChI is InChI=1S/C17H14F3N3O2/c1-16(25,11-5-4-6-12(9-11)17(18,19)20)10-23-15(24)13-7-2-3-8-14(13)21-22-23/h2-9,25H,10H2,1H3. The normalized spacial score (nSPS) is 14.4. The predicted octanol–water partition coefficient (Wildman–Crippen LogP) is 2.72. The minimum Gasteiger partial charge on any atom is -0.384 e. The first-order valence-electron chi connectivity index (χ1n) is 7.41. The van der Waals surface area contributed by atoms with Crippen LogP contribution in [0, 0.1) is 0 Å². The SMILES string of the molecule is CC(O)(Cn1nnc2ccccc2c1=O)c1cccc(C(F)(F)F)c1. The molecule has 25 heavy (non-hydrogen) atoms. The van der Waals surface area contributed by atoms with Gasteiger partial charge in [-0.25, -0.2) is 4.68 Å². The molecule has 0 fully saturated rings. The second-order valence-corrected chi connectivity index (χ2v) is 5.92. The molecule has 8 heteroatoms. The molecule has 0 aliphatic heterocycles. The summed E-state index contributed by atoms with van der Waals surface area (Å²) in [5.41, 5.74) is -2.64. The summed E-state index contributed by atoms with van der Waals surface area (Å²) in [6, 6.07) is 10.9. The van der Waals surface area contributed by atoms with Crippen molar-refractivity contribution in [1.82, 2.24) is 15.0 Å². The fourth-order valence-corrected chi connectivity index (χ4v) is 2.54. The molecule has 0 radical (unpaired) electrons. The van der Waals surface area contributed by atoms with E-state index in [1.807, 2.05) is 0 Å². The van der Waals surface area contributed by atoms with Gasteiger partial charge in [0.15, 0.2) is 0 Å². The number of aromatic nitrogens is 3. The first kappa shape index (κ1) is 17.1. The molecule has 1 aromatic heterocycles. The Kier molecular flexibility index (Phi) is 4.08. The van der Waals surface area contributed by atoms with Gasteiger partial charge in [-0.3, -0.25) is 4.79 Å². The molecule has 5 nitrogen and oxygen atoms in total. The van der Waals surface area contributed by atoms with Gasteiger partial charge in [0, 0.05) is 0 Å². The minimum atomic E-state index is -4.52. The topological polar surface area (TPSA) is 68.0 Å². The van der Waals surface area contributed by atoms with E-state index >= 15 is 0 Å². The molecular weight excluding hydrogens is 335 g/mol. The summed E-state index contributed by atoms with van der Waals surface area (Å²) in [6.07, 6.45) is -4.52. The fraction of sp³-hybridized carbons (Fsp3) is 0.235. The van der Waals surface area contributed by atoms with E-state index in [1.165, 1.54) is 19.1 Å². The van der Waals surface area contributed by atoms with Gasteiger partial charge in [0.1, 0.15) is 11.1 Å². The highest BCUT2D eigenvalue weighted by atomic mass is 19.4. The molecule has 0 spiro atoms. The van der Waals surface area contributed by atoms with Crippen LogP contribution in [0.5, 0.6) is 0 Å². The number of nitrogens with zero attached hydrogens (tertiary/aromatic N) is 3. The molecule has 130 valence electrons. The van der Waals surface area contributed by atoms with Gasteiger partial charge in [-0.2, -0.15) is 13.2 Å². The highest BCUT2D eigenvalue weighted by Gasteiger charge is 2.33. The molecule has 1 N–H and O–H groups in total. The van der Waals surface area contributed by atoms with Crippen LogP contribution in [0.3, 0.4) is 0 Å². The van der Waals surface area contributed by atoms with Crippen molar-refractivity contribution in [2.24, 2.45) is 0 Å². The van der Waals surface area contributed by atoms with Crippen LogP contribution in [0.2, 0.25) is 0 Å². The average Bonchev–Trinajstić information content (AvgIpc) is 2.57. The van der Waals surface area contributed by atoms with Crippen molar-refractivity contribution in [3.8, 4) is 0 Å². The third-order valence-electron chi connectivity index (χ3n) is 3.90. The molecule has 0 saturated heterocycles. The first-order chi connectivity index (χ1) is 11.7. The van der Waals surface area contributed by atoms with Gasteiger partial charge < -0.3 is 5.11 Å². The van der Waals surface area contributed by atoms with Crippen LogP contribution in [0.4, 0.5) is 13.2 Å². The molecule has 0 aliphatic rings. The molecule has 1 atom stereocenters.